The molecule has 6 nitrogen and oxygen atoms in total. The monoisotopic (exact) mass is 408 g/mol. The van der Waals surface area contributed by atoms with Crippen LogP contribution < -0.4 is 5.32 Å². The van der Waals surface area contributed by atoms with Gasteiger partial charge in [0.2, 0.25) is 15.9 Å². The van der Waals surface area contributed by atoms with Gasteiger partial charge in [0.05, 0.1) is 18.1 Å². The van der Waals surface area contributed by atoms with Gasteiger partial charge in [-0.3, -0.25) is 4.79 Å². The van der Waals surface area contributed by atoms with Gasteiger partial charge >= 0.3 is 0 Å². The van der Waals surface area contributed by atoms with E-state index in [1.807, 2.05) is 13.8 Å². The predicted octanol–water partition coefficient (Wildman–Crippen LogP) is 3.05. The fourth-order valence-corrected chi connectivity index (χ4v) is 5.01. The number of morpholine rings is 1. The molecular formula is C21H32N2O4S. The lowest BCUT2D eigenvalue weighted by molar-refractivity contribution is -0.118. The van der Waals surface area contributed by atoms with Gasteiger partial charge in [0.1, 0.15) is 0 Å². The highest BCUT2D eigenvalue weighted by Gasteiger charge is 2.27. The summed E-state index contributed by atoms with van der Waals surface area (Å²) in [5, 5.41) is 3.02. The molecule has 1 heterocycles. The molecule has 28 heavy (non-hydrogen) atoms. The first-order chi connectivity index (χ1) is 12.9. The highest BCUT2D eigenvalue weighted by atomic mass is 32.2. The average Bonchev–Trinajstić information content (AvgIpc) is 2.58. The van der Waals surface area contributed by atoms with Crippen LogP contribution in [0.5, 0.6) is 0 Å². The summed E-state index contributed by atoms with van der Waals surface area (Å²) in [4.78, 5) is 12.5. The maximum absolute atomic E-state index is 12.6. The van der Waals surface area contributed by atoms with Crippen molar-refractivity contribution >= 4 is 22.0 Å². The Morgan fingerprint density at radius 3 is 2.21 bits per heavy atom. The van der Waals surface area contributed by atoms with Crippen LogP contribution in [0.25, 0.3) is 6.08 Å². The van der Waals surface area contributed by atoms with Crippen LogP contribution in [0.1, 0.15) is 46.6 Å². The van der Waals surface area contributed by atoms with E-state index in [-0.39, 0.29) is 21.8 Å². The quantitative estimate of drug-likeness (QED) is 0.734. The standard InChI is InChI=1S/C21H32N2O4S/c1-20(2,3)16-21(4,5)22-19(24)11-8-17-6-9-18(10-7-17)28(25,26)23-12-14-27-15-13-23/h6-11H,12-16H2,1-5H3,(H,22,24)/b11-8+. The van der Waals surface area contributed by atoms with Gasteiger partial charge < -0.3 is 10.1 Å². The number of nitrogens with one attached hydrogen (secondary N) is 1. The summed E-state index contributed by atoms with van der Waals surface area (Å²) in [7, 11) is -3.50. The maximum Gasteiger partial charge on any atom is 0.244 e. The van der Waals surface area contributed by atoms with E-state index in [1.165, 1.54) is 10.4 Å². The van der Waals surface area contributed by atoms with Crippen molar-refractivity contribution in [2.45, 2.75) is 51.5 Å². The molecule has 7 heteroatoms. The van der Waals surface area contributed by atoms with Gasteiger partial charge in [-0.15, -0.1) is 0 Å². The molecule has 0 atom stereocenters. The first kappa shape index (κ1) is 22.6. The predicted molar refractivity (Wildman–Crippen MR) is 111 cm³/mol. The van der Waals surface area contributed by atoms with Crippen LogP contribution in [0.2, 0.25) is 0 Å². The molecule has 0 unspecified atom stereocenters. The molecule has 1 aromatic rings. The molecule has 1 N–H and O–H groups in total. The number of hydrogen-bond donors (Lipinski definition) is 1. The van der Waals surface area contributed by atoms with Gasteiger partial charge in [-0.05, 0) is 49.5 Å². The summed E-state index contributed by atoms with van der Waals surface area (Å²) in [5.41, 5.74) is 0.572. The van der Waals surface area contributed by atoms with E-state index in [2.05, 4.69) is 26.1 Å². The number of amides is 1. The lowest BCUT2D eigenvalue weighted by atomic mass is 9.82. The van der Waals surface area contributed by atoms with Crippen LogP contribution in [0.3, 0.4) is 0 Å². The number of carbonyl (C=O) groups excluding carboxylic acids is 1. The molecule has 1 aliphatic heterocycles. The molecule has 156 valence electrons. The molecule has 0 aromatic heterocycles. The van der Waals surface area contributed by atoms with Crippen LogP contribution in [-0.2, 0) is 19.6 Å². The van der Waals surface area contributed by atoms with Gasteiger partial charge in [-0.1, -0.05) is 32.9 Å². The SMILES string of the molecule is CC(C)(C)CC(C)(C)NC(=O)/C=C/c1ccc(S(=O)(=O)N2CCOCC2)cc1. The molecule has 0 saturated carbocycles. The Balaban J connectivity index is 2.00. The molecule has 1 aromatic carbocycles. The lowest BCUT2D eigenvalue weighted by Crippen LogP contribution is -2.45. The molecule has 2 rings (SSSR count). The van der Waals surface area contributed by atoms with Crippen molar-refractivity contribution in [1.29, 1.82) is 0 Å². The van der Waals surface area contributed by atoms with Crippen LogP contribution in [0.15, 0.2) is 35.2 Å². The van der Waals surface area contributed by atoms with Crippen molar-refractivity contribution in [3.05, 3.63) is 35.9 Å². The first-order valence-corrected chi connectivity index (χ1v) is 11.0. The molecule has 0 bridgehead atoms. The fourth-order valence-electron chi connectivity index (χ4n) is 3.60. The highest BCUT2D eigenvalue weighted by molar-refractivity contribution is 7.89. The number of hydrogen-bond acceptors (Lipinski definition) is 4. The molecule has 1 amide bonds. The molecular weight excluding hydrogens is 376 g/mol. The van der Waals surface area contributed by atoms with Crippen LogP contribution >= 0.6 is 0 Å². The summed E-state index contributed by atoms with van der Waals surface area (Å²) >= 11 is 0. The Labute approximate surface area is 169 Å². The summed E-state index contributed by atoms with van der Waals surface area (Å²) in [6.07, 6.45) is 4.03. The summed E-state index contributed by atoms with van der Waals surface area (Å²) in [6.45, 7) is 12.0. The van der Waals surface area contributed by atoms with E-state index in [4.69, 9.17) is 4.74 Å². The third-order valence-electron chi connectivity index (χ3n) is 4.35. The first-order valence-electron chi connectivity index (χ1n) is 9.57. The second kappa shape index (κ2) is 8.76. The number of rotatable bonds is 6. The number of benzene rings is 1. The summed E-state index contributed by atoms with van der Waals surface area (Å²) in [6, 6.07) is 6.56. The second-order valence-electron chi connectivity index (χ2n) is 9.03. The Hall–Kier alpha value is -1.70. The molecule has 1 saturated heterocycles. The van der Waals surface area contributed by atoms with Crippen molar-refractivity contribution in [2.75, 3.05) is 26.3 Å². The van der Waals surface area contributed by atoms with E-state index in [0.717, 1.165) is 12.0 Å². The third-order valence-corrected chi connectivity index (χ3v) is 6.26. The van der Waals surface area contributed by atoms with Gasteiger partial charge in [-0.2, -0.15) is 4.31 Å². The Bertz CT molecular complexity index is 800. The minimum Gasteiger partial charge on any atom is -0.379 e. The van der Waals surface area contributed by atoms with E-state index in [9.17, 15) is 13.2 Å². The van der Waals surface area contributed by atoms with Crippen molar-refractivity contribution < 1.29 is 17.9 Å². The van der Waals surface area contributed by atoms with Crippen molar-refractivity contribution in [2.24, 2.45) is 5.41 Å². The highest BCUT2D eigenvalue weighted by Crippen LogP contribution is 2.26. The molecule has 0 spiro atoms. The molecule has 1 aliphatic rings. The lowest BCUT2D eigenvalue weighted by Gasteiger charge is -2.32. The van der Waals surface area contributed by atoms with Crippen molar-refractivity contribution in [3.8, 4) is 0 Å². The number of carbonyl (C=O) groups is 1. The number of ether oxygens (including phenoxy) is 1. The van der Waals surface area contributed by atoms with Crippen molar-refractivity contribution in [1.82, 2.24) is 9.62 Å². The van der Waals surface area contributed by atoms with Crippen molar-refractivity contribution in [3.63, 3.8) is 0 Å². The minimum absolute atomic E-state index is 0.113. The molecule has 0 radical (unpaired) electrons. The summed E-state index contributed by atoms with van der Waals surface area (Å²) in [5.74, 6) is -0.167. The van der Waals surface area contributed by atoms with E-state index < -0.39 is 10.0 Å². The van der Waals surface area contributed by atoms with Crippen LogP contribution in [-0.4, -0.2) is 50.5 Å². The van der Waals surface area contributed by atoms with Gasteiger partial charge in [0, 0.05) is 24.7 Å². The van der Waals surface area contributed by atoms with E-state index >= 15 is 0 Å². The topological polar surface area (TPSA) is 75.7 Å². The zero-order valence-electron chi connectivity index (χ0n) is 17.5. The van der Waals surface area contributed by atoms with E-state index in [1.54, 1.807) is 30.3 Å². The smallest absolute Gasteiger partial charge is 0.244 e. The molecule has 0 aliphatic carbocycles. The Kier molecular flexibility index (Phi) is 7.07. The van der Waals surface area contributed by atoms with Crippen LogP contribution in [0, 0.1) is 5.41 Å². The van der Waals surface area contributed by atoms with Gasteiger partial charge in [-0.25, -0.2) is 8.42 Å². The van der Waals surface area contributed by atoms with E-state index in [0.29, 0.717) is 26.3 Å². The average molecular weight is 409 g/mol. The van der Waals surface area contributed by atoms with Gasteiger partial charge in [0.25, 0.3) is 0 Å². The number of sulfonamides is 1. The maximum atomic E-state index is 12.6. The largest absolute Gasteiger partial charge is 0.379 e. The second-order valence-corrected chi connectivity index (χ2v) is 11.0. The van der Waals surface area contributed by atoms with Crippen LogP contribution in [0.4, 0.5) is 0 Å². The van der Waals surface area contributed by atoms with Gasteiger partial charge in [0.15, 0.2) is 0 Å². The molecule has 1 fully saturated rings. The third kappa shape index (κ3) is 6.72. The normalized spacial score (nSPS) is 17.0. The minimum atomic E-state index is -3.50. The summed E-state index contributed by atoms with van der Waals surface area (Å²) < 4.78 is 31.9. The Morgan fingerprint density at radius 1 is 1.11 bits per heavy atom. The zero-order chi connectivity index (χ0) is 21.0. The zero-order valence-corrected chi connectivity index (χ0v) is 18.3. The number of nitrogens with zero attached hydrogens (tertiary/aromatic N) is 1. The fraction of sp³-hybridized carbons (Fsp3) is 0.571. The Morgan fingerprint density at radius 2 is 1.68 bits per heavy atom.